The number of nitrogens with zero attached hydrogens (tertiary/aromatic N) is 2. The fourth-order valence-electron chi connectivity index (χ4n) is 3.30. The summed E-state index contributed by atoms with van der Waals surface area (Å²) in [6, 6.07) is 10.6. The van der Waals surface area contributed by atoms with Crippen molar-refractivity contribution in [2.24, 2.45) is 0 Å². The maximum atomic E-state index is 14.3. The molecular weight excluding hydrogens is 310 g/mol. The van der Waals surface area contributed by atoms with Crippen LogP contribution in [0.2, 0.25) is 0 Å². The van der Waals surface area contributed by atoms with Gasteiger partial charge in [0.05, 0.1) is 12.2 Å². The van der Waals surface area contributed by atoms with Crippen molar-refractivity contribution in [3.05, 3.63) is 65.5 Å². The lowest BCUT2D eigenvalue weighted by atomic mass is 9.93. The number of rotatable bonds is 6. The first-order valence-electron chi connectivity index (χ1n) is 9.05. The largest absolute Gasteiger partial charge is 0.361 e. The minimum absolute atomic E-state index is 0.533. The third-order valence-electron chi connectivity index (χ3n) is 5.27. The summed E-state index contributed by atoms with van der Waals surface area (Å²) in [5.41, 5.74) is 5.78. The number of aromatic nitrogens is 1. The Morgan fingerprint density at radius 1 is 1.28 bits per heavy atom. The zero-order chi connectivity index (χ0) is 18.0. The number of hydrogen-bond donors (Lipinski definition) is 0. The molecule has 0 N–H and O–H groups in total. The third-order valence-corrected chi connectivity index (χ3v) is 5.27. The van der Waals surface area contributed by atoms with Gasteiger partial charge in [0.2, 0.25) is 0 Å². The van der Waals surface area contributed by atoms with Gasteiger partial charge in [0.25, 0.3) is 0 Å². The van der Waals surface area contributed by atoms with E-state index in [1.165, 1.54) is 16.6 Å². The molecule has 0 saturated carbocycles. The van der Waals surface area contributed by atoms with Gasteiger partial charge in [-0.1, -0.05) is 43.2 Å². The summed E-state index contributed by atoms with van der Waals surface area (Å²) in [5, 5.41) is 0. The molecule has 3 rings (SSSR count). The van der Waals surface area contributed by atoms with Crippen LogP contribution in [0.5, 0.6) is 0 Å². The minimum Gasteiger partial charge on any atom is -0.361 e. The number of fused-ring (bicyclic) bond motifs is 1. The van der Waals surface area contributed by atoms with Gasteiger partial charge in [0, 0.05) is 24.0 Å². The lowest BCUT2D eigenvalue weighted by Crippen LogP contribution is -2.17. The third kappa shape index (κ3) is 3.94. The highest BCUT2D eigenvalue weighted by atomic mass is 19.1. The van der Waals surface area contributed by atoms with Gasteiger partial charge >= 0.3 is 0 Å². The summed E-state index contributed by atoms with van der Waals surface area (Å²) in [7, 11) is 2.10. The molecule has 0 spiro atoms. The van der Waals surface area contributed by atoms with Crippen LogP contribution < -0.4 is 5.46 Å². The first-order valence-corrected chi connectivity index (χ1v) is 9.05. The monoisotopic (exact) mass is 336 g/mol. The molecule has 0 amide bonds. The van der Waals surface area contributed by atoms with Gasteiger partial charge in [-0.15, -0.1) is 0 Å². The second-order valence-corrected chi connectivity index (χ2v) is 7.35. The quantitative estimate of drug-likeness (QED) is 0.752. The Bertz CT molecular complexity index is 768. The van der Waals surface area contributed by atoms with Crippen molar-refractivity contribution in [2.45, 2.75) is 51.9 Å². The molecule has 0 saturated heterocycles. The molecule has 1 unspecified atom stereocenters. The summed E-state index contributed by atoms with van der Waals surface area (Å²) < 4.78 is 14.3. The van der Waals surface area contributed by atoms with Crippen LogP contribution in [0.3, 0.4) is 0 Å². The van der Waals surface area contributed by atoms with Crippen molar-refractivity contribution >= 4 is 19.0 Å². The maximum absolute atomic E-state index is 14.3. The van der Waals surface area contributed by atoms with Crippen molar-refractivity contribution in [1.29, 1.82) is 0 Å². The Hall–Kier alpha value is -2.10. The van der Waals surface area contributed by atoms with Crippen molar-refractivity contribution in [3.63, 3.8) is 0 Å². The molecule has 4 heteroatoms. The highest BCUT2D eigenvalue weighted by Crippen LogP contribution is 2.35. The molecule has 1 aromatic carbocycles. The summed E-state index contributed by atoms with van der Waals surface area (Å²) in [5.74, 6) is 0. The van der Waals surface area contributed by atoms with Crippen LogP contribution in [0.1, 0.15) is 49.1 Å². The molecule has 2 heterocycles. The van der Waals surface area contributed by atoms with E-state index in [9.17, 15) is 4.39 Å². The van der Waals surface area contributed by atoms with Gasteiger partial charge in [0.15, 0.2) is 0 Å². The highest BCUT2D eigenvalue weighted by molar-refractivity contribution is 6.32. The zero-order valence-corrected chi connectivity index (χ0v) is 15.5. The predicted molar refractivity (Wildman–Crippen MR) is 105 cm³/mol. The summed E-state index contributed by atoms with van der Waals surface area (Å²) in [4.78, 5) is 6.81. The number of pyridine rings is 1. The molecule has 1 atom stereocenters. The van der Waals surface area contributed by atoms with E-state index < -0.39 is 5.67 Å². The molecule has 25 heavy (non-hydrogen) atoms. The molecule has 0 bridgehead atoms. The second kappa shape index (κ2) is 7.03. The van der Waals surface area contributed by atoms with E-state index in [1.54, 1.807) is 6.92 Å². The molecule has 2 aromatic rings. The van der Waals surface area contributed by atoms with Gasteiger partial charge < -0.3 is 4.90 Å². The maximum Gasteiger partial charge on any atom is 0.139 e. The second-order valence-electron chi connectivity index (χ2n) is 7.35. The molecule has 0 radical (unpaired) electrons. The van der Waals surface area contributed by atoms with Crippen LogP contribution in [0.15, 0.2) is 43.1 Å². The molecule has 0 fully saturated rings. The average molecular weight is 336 g/mol. The molecular formula is C21H26BFN2. The van der Waals surface area contributed by atoms with Crippen LogP contribution in [0.25, 0.3) is 5.70 Å². The Morgan fingerprint density at radius 3 is 2.68 bits per heavy atom. The SMILES string of the molecule is Bc1ccc(CN2Cc3nccc(CCC(C)(F)CC)c3C2=C)cc1. The van der Waals surface area contributed by atoms with Gasteiger partial charge in [-0.2, -0.15) is 0 Å². The van der Waals surface area contributed by atoms with Crippen molar-refractivity contribution in [1.82, 2.24) is 9.88 Å². The van der Waals surface area contributed by atoms with E-state index in [1.807, 2.05) is 19.2 Å². The Labute approximate surface area is 151 Å². The van der Waals surface area contributed by atoms with Crippen LogP contribution in [0.4, 0.5) is 4.39 Å². The molecule has 2 nitrogen and oxygen atoms in total. The van der Waals surface area contributed by atoms with Gasteiger partial charge in [-0.25, -0.2) is 4.39 Å². The molecule has 0 aliphatic carbocycles. The first-order chi connectivity index (χ1) is 11.9. The number of alkyl halides is 1. The van der Waals surface area contributed by atoms with E-state index in [0.717, 1.165) is 36.5 Å². The van der Waals surface area contributed by atoms with Crippen LogP contribution in [-0.2, 0) is 19.5 Å². The average Bonchev–Trinajstić information content (AvgIpc) is 2.92. The highest BCUT2D eigenvalue weighted by Gasteiger charge is 2.27. The Kier molecular flexibility index (Phi) is 4.98. The van der Waals surface area contributed by atoms with Gasteiger partial charge in [-0.05, 0) is 43.4 Å². The lowest BCUT2D eigenvalue weighted by Gasteiger charge is -2.21. The van der Waals surface area contributed by atoms with Crippen LogP contribution in [0, 0.1) is 0 Å². The fraction of sp³-hybridized carbons (Fsp3) is 0.381. The van der Waals surface area contributed by atoms with Crippen molar-refractivity contribution < 1.29 is 4.39 Å². The standard InChI is InChI=1S/C21H26BFN2/c1-4-21(3,23)11-9-17-10-12-24-19-14-25(15(2)20(17)19)13-16-5-7-18(22)8-6-16/h5-8,10,12H,2,4,9,11,13-14,22H2,1,3H3. The van der Waals surface area contributed by atoms with Crippen molar-refractivity contribution in [3.8, 4) is 0 Å². The number of aryl methyl sites for hydroxylation is 1. The van der Waals surface area contributed by atoms with Gasteiger partial charge in [-0.3, -0.25) is 4.98 Å². The molecule has 1 aliphatic heterocycles. The minimum atomic E-state index is -1.11. The predicted octanol–water partition coefficient (Wildman–Crippen LogP) is 3.40. The fourth-order valence-corrected chi connectivity index (χ4v) is 3.30. The normalized spacial score (nSPS) is 16.0. The number of benzene rings is 1. The van der Waals surface area contributed by atoms with Crippen LogP contribution in [-0.4, -0.2) is 23.4 Å². The van der Waals surface area contributed by atoms with E-state index in [-0.39, 0.29) is 0 Å². The van der Waals surface area contributed by atoms with E-state index in [2.05, 4.69) is 48.6 Å². The molecule has 130 valence electrons. The van der Waals surface area contributed by atoms with Gasteiger partial charge in [0.1, 0.15) is 13.5 Å². The topological polar surface area (TPSA) is 16.1 Å². The number of halogens is 1. The van der Waals surface area contributed by atoms with E-state index >= 15 is 0 Å². The Balaban J connectivity index is 1.77. The Morgan fingerprint density at radius 2 is 2.00 bits per heavy atom. The molecule has 1 aliphatic rings. The summed E-state index contributed by atoms with van der Waals surface area (Å²) in [6.45, 7) is 9.50. The molecule has 1 aromatic heterocycles. The smallest absolute Gasteiger partial charge is 0.139 e. The van der Waals surface area contributed by atoms with Crippen molar-refractivity contribution in [2.75, 3.05) is 0 Å². The zero-order valence-electron chi connectivity index (χ0n) is 15.5. The van der Waals surface area contributed by atoms with E-state index in [0.29, 0.717) is 12.8 Å². The lowest BCUT2D eigenvalue weighted by molar-refractivity contribution is 0.169. The summed E-state index contributed by atoms with van der Waals surface area (Å²) in [6.07, 6.45) is 3.65. The first kappa shape index (κ1) is 17.7. The summed E-state index contributed by atoms with van der Waals surface area (Å²) >= 11 is 0. The number of hydrogen-bond acceptors (Lipinski definition) is 2. The van der Waals surface area contributed by atoms with Crippen LogP contribution >= 0.6 is 0 Å². The van der Waals surface area contributed by atoms with E-state index in [4.69, 9.17) is 0 Å².